The molecule has 142 valence electrons. The summed E-state index contributed by atoms with van der Waals surface area (Å²) < 4.78 is 21.2. The topological polar surface area (TPSA) is 187 Å². The molecule has 0 aromatic rings. The van der Waals surface area contributed by atoms with Crippen molar-refractivity contribution in [2.45, 2.75) is 55.1 Å². The van der Waals surface area contributed by atoms with E-state index in [2.05, 4.69) is 4.84 Å². The van der Waals surface area contributed by atoms with Crippen molar-refractivity contribution in [1.29, 1.82) is 0 Å². The minimum Gasteiger partial charge on any atom is -0.479 e. The lowest BCUT2D eigenvalue weighted by molar-refractivity contribution is -0.769. The summed E-state index contributed by atoms with van der Waals surface area (Å²) in [5.74, 6) is -1.54. The van der Waals surface area contributed by atoms with Gasteiger partial charge in [0.25, 0.3) is 5.09 Å². The maximum Gasteiger partial charge on any atom is 0.335 e. The van der Waals surface area contributed by atoms with E-state index in [1.165, 1.54) is 0 Å². The van der Waals surface area contributed by atoms with Gasteiger partial charge in [-0.05, 0) is 0 Å². The Morgan fingerprint density at radius 3 is 2.24 bits per heavy atom. The highest BCUT2D eigenvalue weighted by Gasteiger charge is 2.53. The molecule has 13 heteroatoms. The van der Waals surface area contributed by atoms with Crippen molar-refractivity contribution in [3.63, 3.8) is 0 Å². The Kier molecular flexibility index (Phi) is 5.06. The third-order valence-electron chi connectivity index (χ3n) is 4.31. The van der Waals surface area contributed by atoms with Gasteiger partial charge < -0.3 is 44.2 Å². The fourth-order valence-corrected chi connectivity index (χ4v) is 3.08. The van der Waals surface area contributed by atoms with Crippen LogP contribution in [0.3, 0.4) is 0 Å². The van der Waals surface area contributed by atoms with E-state index < -0.39 is 66.2 Å². The number of fused-ring (bicyclic) bond motifs is 1. The van der Waals surface area contributed by atoms with Crippen LogP contribution in [0.5, 0.6) is 0 Å². The molecule has 0 amide bonds. The molecule has 9 atom stereocenters. The molecule has 0 aliphatic carbocycles. The second-order valence-electron chi connectivity index (χ2n) is 5.87. The Labute approximate surface area is 139 Å². The summed E-state index contributed by atoms with van der Waals surface area (Å²) in [6, 6.07) is 0. The molecule has 0 spiro atoms. The van der Waals surface area contributed by atoms with Gasteiger partial charge >= 0.3 is 5.97 Å². The average Bonchev–Trinajstić information content (AvgIpc) is 3.11. The number of aliphatic hydroxyl groups excluding tert-OH is 3. The highest BCUT2D eigenvalue weighted by atomic mass is 17.0. The number of aliphatic hydroxyl groups is 3. The van der Waals surface area contributed by atoms with Crippen LogP contribution in [0, 0.1) is 10.1 Å². The third kappa shape index (κ3) is 3.39. The summed E-state index contributed by atoms with van der Waals surface area (Å²) in [4.78, 5) is 25.9. The average molecular weight is 367 g/mol. The highest BCUT2D eigenvalue weighted by Crippen LogP contribution is 2.33. The van der Waals surface area contributed by atoms with Gasteiger partial charge in [-0.2, -0.15) is 0 Å². The van der Waals surface area contributed by atoms with Crippen LogP contribution in [0.4, 0.5) is 0 Å². The molecule has 4 N–H and O–H groups in total. The lowest BCUT2D eigenvalue weighted by atomic mass is 9.99. The molecule has 3 aliphatic rings. The molecule has 13 nitrogen and oxygen atoms in total. The van der Waals surface area contributed by atoms with Gasteiger partial charge in [-0.1, -0.05) is 0 Å². The number of carboxylic acids is 1. The first-order chi connectivity index (χ1) is 11.8. The molecule has 3 saturated heterocycles. The molecule has 0 aromatic carbocycles. The quantitative estimate of drug-likeness (QED) is 0.279. The molecule has 3 rings (SSSR count). The molecule has 25 heavy (non-hydrogen) atoms. The van der Waals surface area contributed by atoms with Gasteiger partial charge in [-0.15, -0.1) is 10.1 Å². The largest absolute Gasteiger partial charge is 0.479 e. The first-order valence-corrected chi connectivity index (χ1v) is 7.42. The van der Waals surface area contributed by atoms with Crippen molar-refractivity contribution in [1.82, 2.24) is 0 Å². The normalized spacial score (nSPS) is 46.6. The van der Waals surface area contributed by atoms with E-state index in [0.717, 1.165) is 0 Å². The maximum atomic E-state index is 11.1. The number of rotatable bonds is 5. The smallest absolute Gasteiger partial charge is 0.335 e. The van der Waals surface area contributed by atoms with Gasteiger partial charge in [0.1, 0.15) is 36.6 Å². The number of carbonyl (C=O) groups is 1. The molecule has 0 radical (unpaired) electrons. The minimum absolute atomic E-state index is 0.0735. The predicted molar refractivity (Wildman–Crippen MR) is 70.5 cm³/mol. The number of carboxylic acid groups (broad SMARTS) is 1. The summed E-state index contributed by atoms with van der Waals surface area (Å²) in [6.45, 7) is -0.181. The second-order valence-corrected chi connectivity index (χ2v) is 5.87. The molecule has 3 aliphatic heterocycles. The number of hydrogen-bond donors (Lipinski definition) is 4. The Hall–Kier alpha value is -1.61. The van der Waals surface area contributed by atoms with Gasteiger partial charge in [-0.3, -0.25) is 0 Å². The fraction of sp³-hybridized carbons (Fsp3) is 0.917. The molecule has 0 saturated carbocycles. The summed E-state index contributed by atoms with van der Waals surface area (Å²) >= 11 is 0. The van der Waals surface area contributed by atoms with Crippen LogP contribution in [-0.4, -0.2) is 99.8 Å². The minimum atomic E-state index is -1.83. The highest BCUT2D eigenvalue weighted by molar-refractivity contribution is 5.73. The maximum absolute atomic E-state index is 11.1. The van der Waals surface area contributed by atoms with E-state index in [9.17, 15) is 30.2 Å². The summed E-state index contributed by atoms with van der Waals surface area (Å²) in [7, 11) is 0. The van der Waals surface area contributed by atoms with E-state index in [1.54, 1.807) is 0 Å². The van der Waals surface area contributed by atoms with Crippen LogP contribution in [0.2, 0.25) is 0 Å². The fourth-order valence-electron chi connectivity index (χ4n) is 3.08. The van der Waals surface area contributed by atoms with Crippen LogP contribution in [0.1, 0.15) is 0 Å². The van der Waals surface area contributed by atoms with Crippen LogP contribution in [0.25, 0.3) is 0 Å². The van der Waals surface area contributed by atoms with E-state index in [-0.39, 0.29) is 13.2 Å². The van der Waals surface area contributed by atoms with Crippen molar-refractivity contribution in [2.24, 2.45) is 0 Å². The van der Waals surface area contributed by atoms with Crippen molar-refractivity contribution < 1.29 is 54.1 Å². The van der Waals surface area contributed by atoms with Crippen LogP contribution in [-0.2, 0) is 28.6 Å². The SMILES string of the molecule is O=C(O)[C@H]1OC(O[C@H]2CO[C@H]3[C@@H]2OC[C@H]3O[N+](=O)[O-])[C@H](O)[C@@H](O)[C@@H]1O. The molecule has 3 heterocycles. The Morgan fingerprint density at radius 2 is 1.64 bits per heavy atom. The predicted octanol–water partition coefficient (Wildman–Crippen LogP) is -3.36. The van der Waals surface area contributed by atoms with Gasteiger partial charge in [0.15, 0.2) is 18.5 Å². The monoisotopic (exact) mass is 367 g/mol. The lowest BCUT2D eigenvalue weighted by Gasteiger charge is -2.39. The van der Waals surface area contributed by atoms with Gasteiger partial charge in [0, 0.05) is 0 Å². The van der Waals surface area contributed by atoms with Crippen LogP contribution >= 0.6 is 0 Å². The second kappa shape index (κ2) is 6.95. The molecule has 1 unspecified atom stereocenters. The molecular formula is C12H17NO12. The van der Waals surface area contributed by atoms with Gasteiger partial charge in [0.2, 0.25) is 0 Å². The zero-order valence-corrected chi connectivity index (χ0v) is 12.6. The number of hydrogen-bond acceptors (Lipinski definition) is 11. The first-order valence-electron chi connectivity index (χ1n) is 7.42. The first kappa shape index (κ1) is 18.2. The van der Waals surface area contributed by atoms with E-state index in [1.807, 2.05) is 0 Å². The number of nitrogens with zero attached hydrogens (tertiary/aromatic N) is 1. The molecule has 3 fully saturated rings. The van der Waals surface area contributed by atoms with Gasteiger partial charge in [0.05, 0.1) is 13.2 Å². The Morgan fingerprint density at radius 1 is 1.04 bits per heavy atom. The summed E-state index contributed by atoms with van der Waals surface area (Å²) in [6.07, 6.45) is -12.0. The molecule has 0 bridgehead atoms. The third-order valence-corrected chi connectivity index (χ3v) is 4.31. The van der Waals surface area contributed by atoms with Crippen LogP contribution < -0.4 is 0 Å². The Balaban J connectivity index is 1.64. The van der Waals surface area contributed by atoms with Gasteiger partial charge in [-0.25, -0.2) is 4.79 Å². The van der Waals surface area contributed by atoms with E-state index in [0.29, 0.717) is 0 Å². The Bertz CT molecular complexity index is 530. The summed E-state index contributed by atoms with van der Waals surface area (Å²) in [5, 5.41) is 47.8. The zero-order valence-electron chi connectivity index (χ0n) is 12.6. The summed E-state index contributed by atoms with van der Waals surface area (Å²) in [5.41, 5.74) is 0. The van der Waals surface area contributed by atoms with Crippen molar-refractivity contribution in [3.8, 4) is 0 Å². The number of ether oxygens (including phenoxy) is 4. The van der Waals surface area contributed by atoms with E-state index >= 15 is 0 Å². The molecular weight excluding hydrogens is 350 g/mol. The van der Waals surface area contributed by atoms with Crippen molar-refractivity contribution in [2.75, 3.05) is 13.2 Å². The molecule has 0 aromatic heterocycles. The lowest BCUT2D eigenvalue weighted by Crippen LogP contribution is -2.61. The van der Waals surface area contributed by atoms with Crippen molar-refractivity contribution in [3.05, 3.63) is 10.1 Å². The number of aliphatic carboxylic acids is 1. The zero-order chi connectivity index (χ0) is 18.3. The van der Waals surface area contributed by atoms with E-state index in [4.69, 9.17) is 24.1 Å². The van der Waals surface area contributed by atoms with Crippen molar-refractivity contribution >= 4 is 5.97 Å². The van der Waals surface area contributed by atoms with Crippen LogP contribution in [0.15, 0.2) is 0 Å². The standard InChI is InChI=1S/C12H17NO12/c14-5-6(15)10(11(17)18)24-12(7(5)16)23-3-1-21-9-4(25-13(19)20)2-22-8(3)9/h3-10,12,14-16H,1-2H2,(H,17,18)/t3-,4+,5-,6-,7+,8+,9+,10-,12?/m0/s1.